The van der Waals surface area contributed by atoms with E-state index in [1.807, 2.05) is 0 Å². The van der Waals surface area contributed by atoms with E-state index in [1.165, 1.54) is 12.0 Å². The van der Waals surface area contributed by atoms with Crippen LogP contribution in [0.3, 0.4) is 0 Å². The molecule has 2 rings (SSSR count). The van der Waals surface area contributed by atoms with Crippen LogP contribution in [0, 0.1) is 0 Å². The number of carboxylic acid groups (broad SMARTS) is 1. The first-order valence-electron chi connectivity index (χ1n) is 6.49. The summed E-state index contributed by atoms with van der Waals surface area (Å²) < 4.78 is 15.6. The van der Waals surface area contributed by atoms with Gasteiger partial charge in [0.15, 0.2) is 24.1 Å². The summed E-state index contributed by atoms with van der Waals surface area (Å²) >= 11 is 0. The Kier molecular flexibility index (Phi) is 4.99. The number of carbonyl (C=O) groups is 2. The van der Waals surface area contributed by atoms with Gasteiger partial charge < -0.3 is 24.2 Å². The van der Waals surface area contributed by atoms with E-state index in [2.05, 4.69) is 0 Å². The van der Waals surface area contributed by atoms with Crippen LogP contribution in [0.15, 0.2) is 24.3 Å². The lowest BCUT2D eigenvalue weighted by Gasteiger charge is -2.32. The molecule has 0 bridgehead atoms. The Morgan fingerprint density at radius 1 is 1.38 bits per heavy atom. The number of hydrogen-bond acceptors (Lipinski definition) is 5. The number of benzene rings is 1. The summed E-state index contributed by atoms with van der Waals surface area (Å²) in [5.41, 5.74) is 0. The smallest absolute Gasteiger partial charge is 0.328 e. The van der Waals surface area contributed by atoms with Crippen LogP contribution in [0.1, 0.15) is 0 Å². The average molecular weight is 295 g/mol. The highest BCUT2D eigenvalue weighted by Gasteiger charge is 2.32. The van der Waals surface area contributed by atoms with Gasteiger partial charge in [-0.15, -0.1) is 0 Å². The van der Waals surface area contributed by atoms with Gasteiger partial charge in [0.1, 0.15) is 0 Å². The molecule has 1 N–H and O–H groups in total. The first-order chi connectivity index (χ1) is 10.1. The minimum atomic E-state index is -1.08. The van der Waals surface area contributed by atoms with E-state index in [4.69, 9.17) is 19.3 Å². The van der Waals surface area contributed by atoms with Crippen LogP contribution in [0.4, 0.5) is 0 Å². The Bertz CT molecular complexity index is 518. The number of ether oxygens (including phenoxy) is 3. The summed E-state index contributed by atoms with van der Waals surface area (Å²) in [6, 6.07) is 5.98. The van der Waals surface area contributed by atoms with Gasteiger partial charge in [-0.3, -0.25) is 4.79 Å². The van der Waals surface area contributed by atoms with Crippen molar-refractivity contribution in [3.8, 4) is 11.5 Å². The number of carboxylic acids is 1. The number of rotatable bonds is 5. The molecule has 0 radical (unpaired) electrons. The van der Waals surface area contributed by atoms with Crippen LogP contribution in [0.5, 0.6) is 11.5 Å². The Morgan fingerprint density at radius 2 is 2.10 bits per heavy atom. The maximum Gasteiger partial charge on any atom is 0.328 e. The van der Waals surface area contributed by atoms with Gasteiger partial charge in [-0.1, -0.05) is 12.1 Å². The van der Waals surface area contributed by atoms with Crippen molar-refractivity contribution in [3.63, 3.8) is 0 Å². The molecule has 1 saturated heterocycles. The molecule has 7 heteroatoms. The highest BCUT2D eigenvalue weighted by atomic mass is 16.5. The molecule has 1 fully saturated rings. The van der Waals surface area contributed by atoms with E-state index in [1.54, 1.807) is 24.3 Å². The summed E-state index contributed by atoms with van der Waals surface area (Å²) in [5.74, 6) is -0.521. The Labute approximate surface area is 122 Å². The molecular formula is C14H17NO6. The van der Waals surface area contributed by atoms with Crippen LogP contribution < -0.4 is 9.47 Å². The molecule has 1 aliphatic heterocycles. The molecule has 21 heavy (non-hydrogen) atoms. The zero-order valence-corrected chi connectivity index (χ0v) is 11.7. The van der Waals surface area contributed by atoms with E-state index >= 15 is 0 Å². The summed E-state index contributed by atoms with van der Waals surface area (Å²) in [6.45, 7) is 0.315. The molecule has 7 nitrogen and oxygen atoms in total. The second kappa shape index (κ2) is 6.94. The summed E-state index contributed by atoms with van der Waals surface area (Å²) in [4.78, 5) is 24.5. The number of methoxy groups -OCH3 is 1. The van der Waals surface area contributed by atoms with Gasteiger partial charge in [-0.25, -0.2) is 4.79 Å². The SMILES string of the molecule is COc1ccccc1OCC(=O)N1CCOCC1C(=O)O. The maximum atomic E-state index is 12.1. The largest absolute Gasteiger partial charge is 0.493 e. The van der Waals surface area contributed by atoms with E-state index in [-0.39, 0.29) is 19.8 Å². The van der Waals surface area contributed by atoms with Gasteiger partial charge in [0.05, 0.1) is 20.3 Å². The second-order valence-electron chi connectivity index (χ2n) is 4.46. The van der Waals surface area contributed by atoms with E-state index in [9.17, 15) is 9.59 Å². The van der Waals surface area contributed by atoms with Crippen molar-refractivity contribution in [3.05, 3.63) is 24.3 Å². The van der Waals surface area contributed by atoms with Crippen molar-refractivity contribution in [2.75, 3.05) is 33.5 Å². The lowest BCUT2D eigenvalue weighted by molar-refractivity contribution is -0.159. The molecule has 1 aromatic rings. The molecule has 1 heterocycles. The fourth-order valence-corrected chi connectivity index (χ4v) is 2.07. The molecule has 0 aromatic heterocycles. The third kappa shape index (κ3) is 3.63. The number of nitrogens with zero attached hydrogens (tertiary/aromatic N) is 1. The van der Waals surface area contributed by atoms with E-state index in [0.29, 0.717) is 18.1 Å². The Balaban J connectivity index is 1.99. The van der Waals surface area contributed by atoms with Crippen molar-refractivity contribution in [1.29, 1.82) is 0 Å². The van der Waals surface area contributed by atoms with Gasteiger partial charge in [-0.05, 0) is 12.1 Å². The topological polar surface area (TPSA) is 85.3 Å². The summed E-state index contributed by atoms with van der Waals surface area (Å²) in [6.07, 6.45) is 0. The minimum absolute atomic E-state index is 0.00423. The van der Waals surface area contributed by atoms with Crippen molar-refractivity contribution in [2.45, 2.75) is 6.04 Å². The van der Waals surface area contributed by atoms with E-state index < -0.39 is 17.9 Å². The van der Waals surface area contributed by atoms with Crippen molar-refractivity contribution in [1.82, 2.24) is 4.90 Å². The first-order valence-corrected chi connectivity index (χ1v) is 6.49. The molecule has 114 valence electrons. The highest BCUT2D eigenvalue weighted by Crippen LogP contribution is 2.25. The molecule has 1 aromatic carbocycles. The molecule has 0 aliphatic carbocycles. The van der Waals surface area contributed by atoms with Crippen LogP contribution in [0.25, 0.3) is 0 Å². The molecule has 1 atom stereocenters. The molecular weight excluding hydrogens is 278 g/mol. The van der Waals surface area contributed by atoms with Gasteiger partial charge in [0.25, 0.3) is 5.91 Å². The van der Waals surface area contributed by atoms with Gasteiger partial charge in [0.2, 0.25) is 0 Å². The van der Waals surface area contributed by atoms with Crippen LogP contribution in [-0.4, -0.2) is 61.4 Å². The first kappa shape index (κ1) is 15.1. The number of hydrogen-bond donors (Lipinski definition) is 1. The van der Waals surface area contributed by atoms with E-state index in [0.717, 1.165) is 0 Å². The lowest BCUT2D eigenvalue weighted by Crippen LogP contribution is -2.53. The molecule has 0 saturated carbocycles. The third-order valence-corrected chi connectivity index (χ3v) is 3.15. The minimum Gasteiger partial charge on any atom is -0.493 e. The quantitative estimate of drug-likeness (QED) is 0.845. The van der Waals surface area contributed by atoms with Crippen molar-refractivity contribution >= 4 is 11.9 Å². The van der Waals surface area contributed by atoms with Crippen molar-refractivity contribution in [2.24, 2.45) is 0 Å². The maximum absolute atomic E-state index is 12.1. The normalized spacial score (nSPS) is 18.1. The number of para-hydroxylation sites is 2. The molecule has 1 unspecified atom stereocenters. The fourth-order valence-electron chi connectivity index (χ4n) is 2.07. The summed E-state index contributed by atoms with van der Waals surface area (Å²) in [7, 11) is 1.51. The number of carbonyl (C=O) groups excluding carboxylic acids is 1. The number of morpholine rings is 1. The predicted octanol–water partition coefficient (Wildman–Crippen LogP) is 0.386. The standard InChI is InChI=1S/C14H17NO6/c1-19-11-4-2-3-5-12(11)21-9-13(16)15-6-7-20-8-10(15)14(17)18/h2-5,10H,6-9H2,1H3,(H,17,18). The van der Waals surface area contributed by atoms with Crippen LogP contribution in [0.2, 0.25) is 0 Å². The van der Waals surface area contributed by atoms with Gasteiger partial charge >= 0.3 is 5.97 Å². The number of amides is 1. The molecule has 1 amide bonds. The summed E-state index contributed by atoms with van der Waals surface area (Å²) in [5, 5.41) is 9.09. The zero-order chi connectivity index (χ0) is 15.2. The predicted molar refractivity (Wildman–Crippen MR) is 72.4 cm³/mol. The lowest BCUT2D eigenvalue weighted by atomic mass is 10.2. The van der Waals surface area contributed by atoms with Gasteiger partial charge in [-0.2, -0.15) is 0 Å². The molecule has 0 spiro atoms. The van der Waals surface area contributed by atoms with Crippen LogP contribution in [-0.2, 0) is 14.3 Å². The fraction of sp³-hybridized carbons (Fsp3) is 0.429. The second-order valence-corrected chi connectivity index (χ2v) is 4.46. The molecule has 1 aliphatic rings. The Morgan fingerprint density at radius 3 is 2.76 bits per heavy atom. The number of aliphatic carboxylic acids is 1. The Hall–Kier alpha value is -2.28. The van der Waals surface area contributed by atoms with Crippen molar-refractivity contribution < 1.29 is 28.9 Å². The highest BCUT2D eigenvalue weighted by molar-refractivity contribution is 5.84. The average Bonchev–Trinajstić information content (AvgIpc) is 2.52. The third-order valence-electron chi connectivity index (χ3n) is 3.15. The van der Waals surface area contributed by atoms with Crippen LogP contribution >= 0.6 is 0 Å². The van der Waals surface area contributed by atoms with Gasteiger partial charge in [0, 0.05) is 6.54 Å². The monoisotopic (exact) mass is 295 g/mol. The zero-order valence-electron chi connectivity index (χ0n) is 11.7.